The fourth-order valence-corrected chi connectivity index (χ4v) is 4.75. The van der Waals surface area contributed by atoms with Crippen molar-refractivity contribution in [1.82, 2.24) is 0 Å². The Labute approximate surface area is 125 Å². The molecule has 2 rings (SSSR count). The topological polar surface area (TPSA) is 43.1 Å². The maximum atomic E-state index is 12.8. The quantitative estimate of drug-likeness (QED) is 0.920. The highest BCUT2D eigenvalue weighted by atomic mass is 32.2. The smallest absolute Gasteiger partial charge is 0.0576 e. The molecule has 2 nitrogen and oxygen atoms in total. The maximum Gasteiger partial charge on any atom is 0.0576 e. The Hall–Kier alpha value is -0.670. The first-order valence-electron chi connectivity index (χ1n) is 7.56. The normalized spacial score (nSPS) is 27.5. The van der Waals surface area contributed by atoms with Gasteiger partial charge in [-0.05, 0) is 48.3 Å². The molecule has 3 heteroatoms. The number of rotatable bonds is 3. The number of benzene rings is 1. The zero-order chi connectivity index (χ0) is 14.9. The number of hydrogen-bond acceptors (Lipinski definition) is 2. The summed E-state index contributed by atoms with van der Waals surface area (Å²) in [5.41, 5.74) is 7.77. The van der Waals surface area contributed by atoms with E-state index < -0.39 is 10.8 Å². The van der Waals surface area contributed by atoms with Crippen molar-refractivity contribution >= 4 is 10.8 Å². The lowest BCUT2D eigenvalue weighted by atomic mass is 9.75. The second-order valence-corrected chi connectivity index (χ2v) is 8.80. The van der Waals surface area contributed by atoms with E-state index in [9.17, 15) is 4.21 Å². The van der Waals surface area contributed by atoms with E-state index in [4.69, 9.17) is 5.73 Å². The molecule has 1 saturated carbocycles. The molecule has 1 aromatic carbocycles. The van der Waals surface area contributed by atoms with Crippen LogP contribution in [0, 0.1) is 5.41 Å². The second kappa shape index (κ2) is 5.98. The molecule has 0 aliphatic heterocycles. The van der Waals surface area contributed by atoms with Gasteiger partial charge in [0.25, 0.3) is 0 Å². The molecule has 1 aliphatic carbocycles. The predicted octanol–water partition coefficient (Wildman–Crippen LogP) is 3.82. The second-order valence-electron chi connectivity index (χ2n) is 7.13. The van der Waals surface area contributed by atoms with Crippen molar-refractivity contribution in [2.24, 2.45) is 11.1 Å². The molecule has 1 fully saturated rings. The van der Waals surface area contributed by atoms with Crippen LogP contribution in [0.1, 0.15) is 58.4 Å². The van der Waals surface area contributed by atoms with Crippen LogP contribution >= 0.6 is 0 Å². The van der Waals surface area contributed by atoms with Crippen LogP contribution < -0.4 is 5.73 Å². The first kappa shape index (κ1) is 15.7. The average Bonchev–Trinajstić information content (AvgIpc) is 2.41. The van der Waals surface area contributed by atoms with E-state index in [0.717, 1.165) is 24.2 Å². The molecule has 0 bridgehead atoms. The van der Waals surface area contributed by atoms with Crippen molar-refractivity contribution in [2.45, 2.75) is 69.1 Å². The summed E-state index contributed by atoms with van der Waals surface area (Å²) in [5, 5.41) is 0.0867. The molecule has 112 valence electrons. The summed E-state index contributed by atoms with van der Waals surface area (Å²) < 4.78 is 12.8. The Bertz CT molecular complexity index is 478. The van der Waals surface area contributed by atoms with Crippen LogP contribution in [-0.4, -0.2) is 15.5 Å². The minimum absolute atomic E-state index is 0.0635. The zero-order valence-corrected chi connectivity index (χ0v) is 13.9. The van der Waals surface area contributed by atoms with Crippen molar-refractivity contribution in [3.8, 4) is 0 Å². The Morgan fingerprint density at radius 3 is 2.40 bits per heavy atom. The van der Waals surface area contributed by atoms with Gasteiger partial charge >= 0.3 is 0 Å². The molecule has 3 atom stereocenters. The lowest BCUT2D eigenvalue weighted by Crippen LogP contribution is -2.45. The zero-order valence-electron chi connectivity index (χ0n) is 13.1. The van der Waals surface area contributed by atoms with Gasteiger partial charge in [0.2, 0.25) is 0 Å². The number of nitrogens with two attached hydrogens (primary N) is 1. The van der Waals surface area contributed by atoms with Crippen LogP contribution in [0.2, 0.25) is 0 Å². The molecule has 20 heavy (non-hydrogen) atoms. The Morgan fingerprint density at radius 1 is 1.25 bits per heavy atom. The lowest BCUT2D eigenvalue weighted by Gasteiger charge is -2.38. The van der Waals surface area contributed by atoms with E-state index in [1.54, 1.807) is 0 Å². The average molecular weight is 293 g/mol. The van der Waals surface area contributed by atoms with Crippen molar-refractivity contribution < 1.29 is 4.21 Å². The largest absolute Gasteiger partial charge is 0.327 e. The van der Waals surface area contributed by atoms with E-state index in [-0.39, 0.29) is 16.7 Å². The van der Waals surface area contributed by atoms with Crippen LogP contribution in [0.4, 0.5) is 0 Å². The van der Waals surface area contributed by atoms with E-state index in [2.05, 4.69) is 39.8 Å². The van der Waals surface area contributed by atoms with Crippen molar-refractivity contribution in [1.29, 1.82) is 0 Å². The highest BCUT2D eigenvalue weighted by Gasteiger charge is 2.36. The standard InChI is InChI=1S/C17H27NOS/c1-12(2)13-5-7-14(8-6-13)20(19)16-11-17(3,4)10-9-15(16)18/h5-8,12,15-16H,9-11,18H2,1-4H3. The molecule has 0 spiro atoms. The monoisotopic (exact) mass is 293 g/mol. The summed E-state index contributed by atoms with van der Waals surface area (Å²) in [5.74, 6) is 0.508. The Balaban J connectivity index is 2.17. The van der Waals surface area contributed by atoms with Crippen LogP contribution in [0.25, 0.3) is 0 Å². The van der Waals surface area contributed by atoms with Crippen molar-refractivity contribution in [3.05, 3.63) is 29.8 Å². The van der Waals surface area contributed by atoms with Crippen molar-refractivity contribution in [3.63, 3.8) is 0 Å². The molecule has 1 aliphatic rings. The molecule has 0 saturated heterocycles. The minimum atomic E-state index is -0.993. The van der Waals surface area contributed by atoms with Gasteiger partial charge in [-0.3, -0.25) is 4.21 Å². The molecule has 2 N–H and O–H groups in total. The summed E-state index contributed by atoms with van der Waals surface area (Å²) in [7, 11) is -0.993. The predicted molar refractivity (Wildman–Crippen MR) is 86.3 cm³/mol. The molecular formula is C17H27NOS. The van der Waals surface area contributed by atoms with E-state index in [1.165, 1.54) is 5.56 Å². The van der Waals surface area contributed by atoms with Gasteiger partial charge in [0.1, 0.15) is 0 Å². The molecular weight excluding hydrogens is 266 g/mol. The van der Waals surface area contributed by atoms with Gasteiger partial charge in [0.05, 0.1) is 16.0 Å². The molecule has 3 unspecified atom stereocenters. The fraction of sp³-hybridized carbons (Fsp3) is 0.647. The molecule has 0 aromatic heterocycles. The van der Waals surface area contributed by atoms with Gasteiger partial charge in [0, 0.05) is 10.9 Å². The SMILES string of the molecule is CC(C)c1ccc(S(=O)C2CC(C)(C)CCC2N)cc1. The Morgan fingerprint density at radius 2 is 1.85 bits per heavy atom. The molecule has 0 radical (unpaired) electrons. The summed E-state index contributed by atoms with van der Waals surface area (Å²) in [6.07, 6.45) is 3.06. The third-order valence-electron chi connectivity index (χ3n) is 4.44. The minimum Gasteiger partial charge on any atom is -0.327 e. The highest BCUT2D eigenvalue weighted by Crippen LogP contribution is 2.38. The third-order valence-corrected chi connectivity index (χ3v) is 6.24. The van der Waals surface area contributed by atoms with Crippen LogP contribution in [0.3, 0.4) is 0 Å². The lowest BCUT2D eigenvalue weighted by molar-refractivity contribution is 0.230. The Kier molecular flexibility index (Phi) is 4.70. The maximum absolute atomic E-state index is 12.8. The van der Waals surface area contributed by atoms with E-state index >= 15 is 0 Å². The highest BCUT2D eigenvalue weighted by molar-refractivity contribution is 7.85. The molecule has 1 aromatic rings. The van der Waals surface area contributed by atoms with Crippen LogP contribution in [0.15, 0.2) is 29.2 Å². The van der Waals surface area contributed by atoms with E-state index in [1.807, 2.05) is 12.1 Å². The molecule has 0 heterocycles. The summed E-state index contributed by atoms with van der Waals surface area (Å²) >= 11 is 0. The summed E-state index contributed by atoms with van der Waals surface area (Å²) in [6, 6.07) is 8.28. The van der Waals surface area contributed by atoms with Gasteiger partial charge in [-0.2, -0.15) is 0 Å². The summed E-state index contributed by atoms with van der Waals surface area (Å²) in [4.78, 5) is 0.924. The van der Waals surface area contributed by atoms with Crippen LogP contribution in [-0.2, 0) is 10.8 Å². The third kappa shape index (κ3) is 3.50. The first-order valence-corrected chi connectivity index (χ1v) is 8.77. The number of hydrogen-bond donors (Lipinski definition) is 1. The van der Waals surface area contributed by atoms with Gasteiger partial charge in [-0.1, -0.05) is 39.8 Å². The van der Waals surface area contributed by atoms with Gasteiger partial charge in [0.15, 0.2) is 0 Å². The molecule has 0 amide bonds. The van der Waals surface area contributed by atoms with E-state index in [0.29, 0.717) is 5.92 Å². The fourth-order valence-electron chi connectivity index (χ4n) is 2.94. The summed E-state index contributed by atoms with van der Waals surface area (Å²) in [6.45, 7) is 8.85. The van der Waals surface area contributed by atoms with Gasteiger partial charge in [-0.15, -0.1) is 0 Å². The van der Waals surface area contributed by atoms with Gasteiger partial charge in [-0.25, -0.2) is 0 Å². The first-order chi connectivity index (χ1) is 9.30. The van der Waals surface area contributed by atoms with Gasteiger partial charge < -0.3 is 5.73 Å². The van der Waals surface area contributed by atoms with Crippen molar-refractivity contribution in [2.75, 3.05) is 0 Å². The van der Waals surface area contributed by atoms with Crippen LogP contribution in [0.5, 0.6) is 0 Å².